The van der Waals surface area contributed by atoms with E-state index in [4.69, 9.17) is 15.1 Å². The molecule has 0 aromatic heterocycles. The molecule has 16 heavy (non-hydrogen) atoms. The summed E-state index contributed by atoms with van der Waals surface area (Å²) in [5.41, 5.74) is 1.30. The quantitative estimate of drug-likeness (QED) is 0.765. The predicted molar refractivity (Wildman–Crippen MR) is 54.4 cm³/mol. The normalized spacial score (nSPS) is 23.4. The van der Waals surface area contributed by atoms with Crippen molar-refractivity contribution >= 4 is 6.09 Å². The molecule has 5 heteroatoms. The minimum Gasteiger partial charge on any atom is -0.439 e. The fraction of sp³-hybridized carbons (Fsp3) is 0.273. The van der Waals surface area contributed by atoms with Crippen molar-refractivity contribution in [2.45, 2.75) is 12.1 Å². The van der Waals surface area contributed by atoms with E-state index in [9.17, 15) is 4.79 Å². The van der Waals surface area contributed by atoms with Crippen molar-refractivity contribution in [3.8, 4) is 6.07 Å². The number of amides is 1. The second-order valence-corrected chi connectivity index (χ2v) is 3.49. The van der Waals surface area contributed by atoms with Crippen molar-refractivity contribution in [2.24, 2.45) is 0 Å². The molecule has 1 heterocycles. The molecular weight excluding hydrogens is 208 g/mol. The number of carbonyl (C=O) groups is 1. The van der Waals surface area contributed by atoms with Crippen LogP contribution in [0.15, 0.2) is 24.3 Å². The third-order valence-electron chi connectivity index (χ3n) is 2.47. The zero-order valence-corrected chi connectivity index (χ0v) is 8.38. The number of nitrogens with one attached hydrogen (secondary N) is 1. The number of benzene rings is 1. The molecule has 0 saturated carbocycles. The molecule has 0 aliphatic carbocycles. The van der Waals surface area contributed by atoms with Crippen LogP contribution in [0.5, 0.6) is 0 Å². The molecule has 1 aromatic carbocycles. The maximum atomic E-state index is 11.0. The van der Waals surface area contributed by atoms with Crippen LogP contribution in [-0.2, 0) is 4.74 Å². The first-order valence-corrected chi connectivity index (χ1v) is 4.82. The fourth-order valence-electron chi connectivity index (χ4n) is 1.65. The minimum atomic E-state index is -0.534. The van der Waals surface area contributed by atoms with Crippen molar-refractivity contribution in [2.75, 3.05) is 6.61 Å². The monoisotopic (exact) mass is 218 g/mol. The molecule has 1 saturated heterocycles. The molecule has 0 unspecified atom stereocenters. The average molecular weight is 218 g/mol. The zero-order valence-electron chi connectivity index (χ0n) is 8.38. The molecule has 1 amide bonds. The lowest BCUT2D eigenvalue weighted by molar-refractivity contribution is 0.119. The van der Waals surface area contributed by atoms with E-state index >= 15 is 0 Å². The standard InChI is InChI=1S/C11H10N2O3/c12-5-7-1-3-8(4-2-7)10-9(6-14)13-11(15)16-10/h1-4,9-10,14H,6H2,(H,13,15)/t9-,10-/m1/s1. The van der Waals surface area contributed by atoms with Gasteiger partial charge in [-0.3, -0.25) is 0 Å². The first-order valence-electron chi connectivity index (χ1n) is 4.82. The summed E-state index contributed by atoms with van der Waals surface area (Å²) in [5, 5.41) is 20.2. The van der Waals surface area contributed by atoms with Gasteiger partial charge in [-0.25, -0.2) is 4.79 Å². The van der Waals surface area contributed by atoms with Gasteiger partial charge in [0.25, 0.3) is 0 Å². The maximum Gasteiger partial charge on any atom is 0.408 e. The van der Waals surface area contributed by atoms with E-state index in [1.54, 1.807) is 24.3 Å². The Morgan fingerprint density at radius 2 is 2.12 bits per heavy atom. The van der Waals surface area contributed by atoms with Gasteiger partial charge in [-0.2, -0.15) is 5.26 Å². The van der Waals surface area contributed by atoms with Crippen LogP contribution in [0.4, 0.5) is 4.79 Å². The van der Waals surface area contributed by atoms with Crippen LogP contribution in [0, 0.1) is 11.3 Å². The molecule has 2 rings (SSSR count). The second kappa shape index (κ2) is 4.21. The van der Waals surface area contributed by atoms with Crippen LogP contribution >= 0.6 is 0 Å². The first-order chi connectivity index (χ1) is 7.74. The molecule has 5 nitrogen and oxygen atoms in total. The smallest absolute Gasteiger partial charge is 0.408 e. The van der Waals surface area contributed by atoms with Crippen LogP contribution in [0.25, 0.3) is 0 Å². The van der Waals surface area contributed by atoms with E-state index < -0.39 is 18.2 Å². The number of ether oxygens (including phenoxy) is 1. The Hall–Kier alpha value is -2.06. The number of aliphatic hydroxyl groups excluding tert-OH is 1. The number of rotatable bonds is 2. The molecule has 1 fully saturated rings. The Morgan fingerprint density at radius 1 is 1.44 bits per heavy atom. The van der Waals surface area contributed by atoms with Gasteiger partial charge in [0.2, 0.25) is 0 Å². The maximum absolute atomic E-state index is 11.0. The summed E-state index contributed by atoms with van der Waals surface area (Å²) in [6, 6.07) is 8.30. The van der Waals surface area contributed by atoms with Crippen LogP contribution in [0.2, 0.25) is 0 Å². The highest BCUT2D eigenvalue weighted by atomic mass is 16.6. The summed E-state index contributed by atoms with van der Waals surface area (Å²) in [5.74, 6) is 0. The highest BCUT2D eigenvalue weighted by Gasteiger charge is 2.34. The lowest BCUT2D eigenvalue weighted by Gasteiger charge is -2.14. The molecular formula is C11H10N2O3. The number of hydrogen-bond donors (Lipinski definition) is 2. The lowest BCUT2D eigenvalue weighted by atomic mass is 10.0. The van der Waals surface area contributed by atoms with Gasteiger partial charge in [-0.1, -0.05) is 12.1 Å². The van der Waals surface area contributed by atoms with Crippen molar-refractivity contribution < 1.29 is 14.6 Å². The van der Waals surface area contributed by atoms with Crippen LogP contribution < -0.4 is 5.32 Å². The molecule has 0 spiro atoms. The third-order valence-corrected chi connectivity index (χ3v) is 2.47. The van der Waals surface area contributed by atoms with Gasteiger partial charge in [-0.05, 0) is 17.7 Å². The zero-order chi connectivity index (χ0) is 11.5. The van der Waals surface area contributed by atoms with Crippen molar-refractivity contribution in [1.29, 1.82) is 5.26 Å². The Balaban J connectivity index is 2.23. The lowest BCUT2D eigenvalue weighted by Crippen LogP contribution is -2.31. The molecule has 2 N–H and O–H groups in total. The van der Waals surface area contributed by atoms with Gasteiger partial charge in [0.05, 0.1) is 24.3 Å². The Kier molecular flexibility index (Phi) is 2.75. The van der Waals surface area contributed by atoms with Gasteiger partial charge < -0.3 is 15.2 Å². The van der Waals surface area contributed by atoms with Crippen LogP contribution in [0.3, 0.4) is 0 Å². The SMILES string of the molecule is N#Cc1ccc([C@H]2OC(=O)N[C@@H]2CO)cc1. The summed E-state index contributed by atoms with van der Waals surface area (Å²) in [4.78, 5) is 11.0. The van der Waals surface area contributed by atoms with Crippen LogP contribution in [0.1, 0.15) is 17.2 Å². The van der Waals surface area contributed by atoms with E-state index in [1.807, 2.05) is 6.07 Å². The summed E-state index contributed by atoms with van der Waals surface area (Å²) >= 11 is 0. The van der Waals surface area contributed by atoms with E-state index in [0.29, 0.717) is 5.56 Å². The number of hydrogen-bond acceptors (Lipinski definition) is 4. The topological polar surface area (TPSA) is 82.3 Å². The highest BCUT2D eigenvalue weighted by molar-refractivity contribution is 5.70. The summed E-state index contributed by atoms with van der Waals surface area (Å²) in [6.45, 7) is -0.184. The van der Waals surface area contributed by atoms with E-state index in [2.05, 4.69) is 5.32 Å². The third kappa shape index (κ3) is 1.83. The number of carbonyl (C=O) groups excluding carboxylic acids is 1. The number of alkyl carbamates (subject to hydrolysis) is 1. The molecule has 0 radical (unpaired) electrons. The van der Waals surface area contributed by atoms with Gasteiger partial charge in [-0.15, -0.1) is 0 Å². The molecule has 0 bridgehead atoms. The second-order valence-electron chi connectivity index (χ2n) is 3.49. The summed E-state index contributed by atoms with van der Waals surface area (Å²) in [6.07, 6.45) is -1.03. The molecule has 2 atom stereocenters. The van der Waals surface area contributed by atoms with E-state index in [0.717, 1.165) is 5.56 Å². The summed E-state index contributed by atoms with van der Waals surface area (Å²) < 4.78 is 5.03. The van der Waals surface area contributed by atoms with Gasteiger partial charge in [0.15, 0.2) is 6.10 Å². The number of nitrogens with zero attached hydrogens (tertiary/aromatic N) is 1. The first kappa shape index (κ1) is 10.5. The molecule has 1 aromatic rings. The van der Waals surface area contributed by atoms with E-state index in [1.165, 1.54) is 0 Å². The van der Waals surface area contributed by atoms with Crippen LogP contribution in [-0.4, -0.2) is 23.8 Å². The Morgan fingerprint density at radius 3 is 2.69 bits per heavy atom. The van der Waals surface area contributed by atoms with Gasteiger partial charge in [0.1, 0.15) is 0 Å². The van der Waals surface area contributed by atoms with Crippen molar-refractivity contribution in [3.63, 3.8) is 0 Å². The minimum absolute atomic E-state index is 0.184. The Labute approximate surface area is 92.3 Å². The van der Waals surface area contributed by atoms with Gasteiger partial charge >= 0.3 is 6.09 Å². The van der Waals surface area contributed by atoms with Crippen molar-refractivity contribution in [3.05, 3.63) is 35.4 Å². The van der Waals surface area contributed by atoms with E-state index in [-0.39, 0.29) is 6.61 Å². The number of cyclic esters (lactones) is 1. The number of aliphatic hydroxyl groups is 1. The summed E-state index contributed by atoms with van der Waals surface area (Å²) in [7, 11) is 0. The fourth-order valence-corrected chi connectivity index (χ4v) is 1.65. The average Bonchev–Trinajstić information content (AvgIpc) is 2.70. The van der Waals surface area contributed by atoms with Gasteiger partial charge in [0, 0.05) is 0 Å². The number of nitriles is 1. The molecule has 1 aliphatic heterocycles. The molecule has 82 valence electrons. The largest absolute Gasteiger partial charge is 0.439 e. The highest BCUT2D eigenvalue weighted by Crippen LogP contribution is 2.26. The Bertz CT molecular complexity index is 436. The molecule has 1 aliphatic rings. The van der Waals surface area contributed by atoms with Crippen molar-refractivity contribution in [1.82, 2.24) is 5.32 Å². The predicted octanol–water partition coefficient (Wildman–Crippen LogP) is 0.700.